The lowest BCUT2D eigenvalue weighted by molar-refractivity contribution is -0.161. The molecule has 2 atom stereocenters. The van der Waals surface area contributed by atoms with Crippen molar-refractivity contribution < 1.29 is 67.2 Å². The van der Waals surface area contributed by atoms with Gasteiger partial charge < -0.3 is 43.8 Å². The van der Waals surface area contributed by atoms with Crippen LogP contribution in [0.25, 0.3) is 0 Å². The summed E-state index contributed by atoms with van der Waals surface area (Å²) in [7, 11) is 3.21. The van der Waals surface area contributed by atoms with E-state index in [-0.39, 0.29) is 23.5 Å². The van der Waals surface area contributed by atoms with Crippen LogP contribution in [0, 0.1) is 0 Å². The van der Waals surface area contributed by atoms with Gasteiger partial charge >= 0.3 is 24.2 Å². The Morgan fingerprint density at radius 3 is 2.29 bits per heavy atom. The van der Waals surface area contributed by atoms with Gasteiger partial charge in [0.05, 0.1) is 32.0 Å². The van der Waals surface area contributed by atoms with Crippen molar-refractivity contribution in [1.82, 2.24) is 15.3 Å². The topological polar surface area (TPSA) is 214 Å². The molecule has 1 unspecified atom stereocenters. The van der Waals surface area contributed by atoms with Crippen LogP contribution in [-0.2, 0) is 33.4 Å². The molecule has 2 aromatic carbocycles. The van der Waals surface area contributed by atoms with Crippen molar-refractivity contribution >= 4 is 42.0 Å². The number of carboxylic acid groups (broad SMARTS) is 1. The molecule has 0 spiro atoms. The highest BCUT2D eigenvalue weighted by atomic mass is 16.7. The van der Waals surface area contributed by atoms with Gasteiger partial charge in [0.1, 0.15) is 18.8 Å². The van der Waals surface area contributed by atoms with E-state index >= 15 is 0 Å². The van der Waals surface area contributed by atoms with Gasteiger partial charge in [-0.1, -0.05) is 24.3 Å². The van der Waals surface area contributed by atoms with Crippen LogP contribution in [0.15, 0.2) is 48.5 Å². The van der Waals surface area contributed by atoms with Crippen molar-refractivity contribution in [3.8, 4) is 11.5 Å². The highest BCUT2D eigenvalue weighted by Crippen LogP contribution is 2.34. The van der Waals surface area contributed by atoms with Gasteiger partial charge in [0.15, 0.2) is 11.5 Å². The summed E-state index contributed by atoms with van der Waals surface area (Å²) < 4.78 is 24.2. The normalized spacial score (nSPS) is 14.4. The first kappa shape index (κ1) is 33.8. The first-order valence-corrected chi connectivity index (χ1v) is 13.1. The summed E-state index contributed by atoms with van der Waals surface area (Å²) in [5.41, 5.74) is -0.143. The van der Waals surface area contributed by atoms with E-state index in [1.807, 2.05) is 0 Å². The number of aliphatic carboxylic acids is 1. The van der Waals surface area contributed by atoms with E-state index in [4.69, 9.17) is 19.0 Å². The number of para-hydroxylation sites is 1. The van der Waals surface area contributed by atoms with Crippen molar-refractivity contribution in [2.45, 2.75) is 24.9 Å². The molecular weight excluding hydrogens is 602 g/mol. The molecule has 2 N–H and O–H groups in total. The number of carbonyl (C=O) groups is 7. The quantitative estimate of drug-likeness (QED) is 0.215. The first-order chi connectivity index (χ1) is 21.5. The van der Waals surface area contributed by atoms with Crippen LogP contribution in [-0.4, -0.2) is 104 Å². The highest BCUT2D eigenvalue weighted by molar-refractivity contribution is 6.01. The van der Waals surface area contributed by atoms with Gasteiger partial charge in [0.2, 0.25) is 5.91 Å². The third-order valence-corrected chi connectivity index (χ3v) is 6.21. The van der Waals surface area contributed by atoms with E-state index in [1.54, 1.807) is 18.2 Å². The van der Waals surface area contributed by atoms with E-state index in [9.17, 15) is 38.7 Å². The Kier molecular flexibility index (Phi) is 11.8. The maximum Gasteiger partial charge on any atom is 0.513 e. The summed E-state index contributed by atoms with van der Waals surface area (Å²) in [6.07, 6.45) is -3.26. The number of nitrogens with zero attached hydrogens (tertiary/aromatic N) is 2. The Morgan fingerprint density at radius 1 is 0.978 bits per heavy atom. The molecule has 0 bridgehead atoms. The van der Waals surface area contributed by atoms with E-state index in [0.29, 0.717) is 5.06 Å². The summed E-state index contributed by atoms with van der Waals surface area (Å²) in [6.45, 7) is -0.739. The smallest absolute Gasteiger partial charge is 0.480 e. The second kappa shape index (κ2) is 15.7. The lowest BCUT2D eigenvalue weighted by Crippen LogP contribution is -2.52. The molecule has 45 heavy (non-hydrogen) atoms. The molecule has 17 nitrogen and oxygen atoms in total. The molecule has 1 heterocycles. The number of ether oxygens (including phenoxy) is 5. The number of carbonyl (C=O) groups excluding carboxylic acids is 6. The van der Waals surface area contributed by atoms with E-state index in [0.717, 1.165) is 19.1 Å². The summed E-state index contributed by atoms with van der Waals surface area (Å²) >= 11 is 0. The van der Waals surface area contributed by atoms with E-state index < -0.39 is 79.4 Å². The second-order valence-corrected chi connectivity index (χ2v) is 9.11. The summed E-state index contributed by atoms with van der Waals surface area (Å²) in [5.74, 6) is -5.76. The van der Waals surface area contributed by atoms with Crippen LogP contribution in [0.4, 0.5) is 9.59 Å². The number of hydroxylamine groups is 2. The number of hydrogen-bond donors (Lipinski definition) is 2. The molecule has 240 valence electrons. The monoisotopic (exact) mass is 631 g/mol. The third-order valence-electron chi connectivity index (χ3n) is 6.21. The predicted octanol–water partition coefficient (Wildman–Crippen LogP) is 1.36. The van der Waals surface area contributed by atoms with Gasteiger partial charge in [-0.05, 0) is 30.7 Å². The molecule has 0 saturated carbocycles. The van der Waals surface area contributed by atoms with E-state index in [1.165, 1.54) is 37.4 Å². The van der Waals surface area contributed by atoms with Crippen molar-refractivity contribution in [3.05, 3.63) is 59.7 Å². The van der Waals surface area contributed by atoms with Crippen LogP contribution < -0.4 is 14.8 Å². The molecule has 1 fully saturated rings. The molecule has 0 aromatic heterocycles. The number of benzene rings is 2. The number of amides is 3. The van der Waals surface area contributed by atoms with Gasteiger partial charge in [0, 0.05) is 13.5 Å². The van der Waals surface area contributed by atoms with Crippen LogP contribution >= 0.6 is 0 Å². The summed E-state index contributed by atoms with van der Waals surface area (Å²) in [5, 5.41) is 12.6. The SMILES string of the molecule is COC(=O)Oc1cccc(C(=O)N2COCC2C(=O)N[C@@H](CCC(=O)N(C)OC(=O)c2ccccc2)C(=O)O)c1OC(=O)OC. The zero-order chi connectivity index (χ0) is 33.1. The summed E-state index contributed by atoms with van der Waals surface area (Å²) in [4.78, 5) is 92.7. The minimum Gasteiger partial charge on any atom is -0.480 e. The van der Waals surface area contributed by atoms with Crippen LogP contribution in [0.1, 0.15) is 33.6 Å². The molecule has 3 amide bonds. The lowest BCUT2D eigenvalue weighted by Gasteiger charge is -2.25. The summed E-state index contributed by atoms with van der Waals surface area (Å²) in [6, 6.07) is 8.66. The number of nitrogens with one attached hydrogen (secondary N) is 1. The fourth-order valence-corrected chi connectivity index (χ4v) is 3.89. The third kappa shape index (κ3) is 8.90. The molecule has 0 aliphatic carbocycles. The zero-order valence-electron chi connectivity index (χ0n) is 24.3. The molecular formula is C28H29N3O14. The maximum absolute atomic E-state index is 13.5. The highest BCUT2D eigenvalue weighted by Gasteiger charge is 2.39. The Labute approximate surface area is 255 Å². The average Bonchev–Trinajstić information content (AvgIpc) is 3.53. The number of carboxylic acids is 1. The molecule has 2 aromatic rings. The standard InChI is InChI=1S/C28H29N3O14/c1-30(45-26(37)16-8-5-4-6-9-16)21(32)13-12-18(25(35)36)29-23(33)19-14-42-15-31(19)24(34)17-10-7-11-20(43-27(38)40-2)22(17)44-28(39)41-3/h4-11,18-19H,12-15H2,1-3H3,(H,29,33)(H,35,36)/t18-,19?/m0/s1. The Hall–Kier alpha value is -5.71. The lowest BCUT2D eigenvalue weighted by atomic mass is 10.1. The Bertz CT molecular complexity index is 1450. The van der Waals surface area contributed by atoms with Crippen LogP contribution in [0.3, 0.4) is 0 Å². The van der Waals surface area contributed by atoms with Gasteiger partial charge in [-0.15, -0.1) is 0 Å². The first-order valence-electron chi connectivity index (χ1n) is 13.1. The predicted molar refractivity (Wildman–Crippen MR) is 147 cm³/mol. The molecule has 17 heteroatoms. The largest absolute Gasteiger partial charge is 0.513 e. The molecule has 1 aliphatic heterocycles. The maximum atomic E-state index is 13.5. The van der Waals surface area contributed by atoms with Crippen LogP contribution in [0.5, 0.6) is 11.5 Å². The second-order valence-electron chi connectivity index (χ2n) is 9.11. The Morgan fingerprint density at radius 2 is 1.64 bits per heavy atom. The fraction of sp³-hybridized carbons (Fsp3) is 0.321. The van der Waals surface area contributed by atoms with E-state index in [2.05, 4.69) is 14.8 Å². The molecule has 0 radical (unpaired) electrons. The zero-order valence-corrected chi connectivity index (χ0v) is 24.3. The minimum atomic E-state index is -1.58. The number of hydrogen-bond acceptors (Lipinski definition) is 13. The number of rotatable bonds is 10. The van der Waals surface area contributed by atoms with Gasteiger partial charge in [-0.3, -0.25) is 14.4 Å². The van der Waals surface area contributed by atoms with Crippen LogP contribution in [0.2, 0.25) is 0 Å². The van der Waals surface area contributed by atoms with Gasteiger partial charge in [-0.2, -0.15) is 5.06 Å². The average molecular weight is 632 g/mol. The van der Waals surface area contributed by atoms with Gasteiger partial charge in [0.25, 0.3) is 11.8 Å². The van der Waals surface area contributed by atoms with Crippen molar-refractivity contribution in [3.63, 3.8) is 0 Å². The molecule has 1 aliphatic rings. The Balaban J connectivity index is 1.70. The van der Waals surface area contributed by atoms with Crippen molar-refractivity contribution in [1.29, 1.82) is 0 Å². The van der Waals surface area contributed by atoms with Crippen molar-refractivity contribution in [2.75, 3.05) is 34.6 Å². The molecule has 3 rings (SSSR count). The minimum absolute atomic E-state index is 0.192. The molecule has 1 saturated heterocycles. The fourth-order valence-electron chi connectivity index (χ4n) is 3.89. The van der Waals surface area contributed by atoms with Crippen molar-refractivity contribution in [2.24, 2.45) is 0 Å². The number of methoxy groups -OCH3 is 2. The van der Waals surface area contributed by atoms with Gasteiger partial charge in [-0.25, -0.2) is 19.2 Å².